The molecule has 0 spiro atoms. The van der Waals surface area contributed by atoms with Crippen LogP contribution in [0.15, 0.2) is 18.2 Å². The number of carbonyl (C=O) groups excluding carboxylic acids is 2. The molecule has 21 heavy (non-hydrogen) atoms. The van der Waals surface area contributed by atoms with Crippen LogP contribution in [-0.4, -0.2) is 46.9 Å². The lowest BCUT2D eigenvalue weighted by atomic mass is 10.1. The van der Waals surface area contributed by atoms with Crippen LogP contribution < -0.4 is 4.90 Å². The number of imide groups is 1. The molecule has 0 aromatic heterocycles. The molecule has 6 nitrogen and oxygen atoms in total. The standard InChI is InChI=1S/C15H18N2O4/c1-9-4-5-10(2)12(6-9)16-7-13(18)17(8-14(19)20)15(21)11(16)3/h4-6,11H,7-8H2,1-3H3,(H,19,20). The quantitative estimate of drug-likeness (QED) is 0.839. The highest BCUT2D eigenvalue weighted by Crippen LogP contribution is 2.26. The topological polar surface area (TPSA) is 77.9 Å². The van der Waals surface area contributed by atoms with Gasteiger partial charge in [0, 0.05) is 5.69 Å². The third kappa shape index (κ3) is 2.89. The van der Waals surface area contributed by atoms with E-state index >= 15 is 0 Å². The van der Waals surface area contributed by atoms with Crippen molar-refractivity contribution in [3.63, 3.8) is 0 Å². The number of aryl methyl sites for hydroxylation is 2. The Morgan fingerprint density at radius 1 is 1.33 bits per heavy atom. The molecule has 1 fully saturated rings. The second-order valence-electron chi connectivity index (χ2n) is 5.31. The minimum atomic E-state index is -1.19. The van der Waals surface area contributed by atoms with Gasteiger partial charge in [0.1, 0.15) is 12.6 Å². The van der Waals surface area contributed by atoms with Crippen LogP contribution in [0.2, 0.25) is 0 Å². The zero-order valence-corrected chi connectivity index (χ0v) is 12.3. The van der Waals surface area contributed by atoms with Crippen LogP contribution in [0.4, 0.5) is 5.69 Å². The van der Waals surface area contributed by atoms with E-state index in [1.807, 2.05) is 32.0 Å². The van der Waals surface area contributed by atoms with Crippen LogP contribution in [-0.2, 0) is 14.4 Å². The van der Waals surface area contributed by atoms with Crippen molar-refractivity contribution in [2.24, 2.45) is 0 Å². The van der Waals surface area contributed by atoms with Gasteiger partial charge < -0.3 is 10.0 Å². The van der Waals surface area contributed by atoms with E-state index in [1.54, 1.807) is 11.8 Å². The fraction of sp³-hybridized carbons (Fsp3) is 0.400. The molecule has 0 aliphatic carbocycles. The highest BCUT2D eigenvalue weighted by Gasteiger charge is 2.38. The van der Waals surface area contributed by atoms with Gasteiger partial charge in [0.05, 0.1) is 6.54 Å². The maximum absolute atomic E-state index is 12.3. The normalized spacial score (nSPS) is 19.1. The van der Waals surface area contributed by atoms with Gasteiger partial charge in [-0.15, -0.1) is 0 Å². The van der Waals surface area contributed by atoms with Gasteiger partial charge in [-0.2, -0.15) is 0 Å². The number of rotatable bonds is 3. The first kappa shape index (κ1) is 15.0. The van der Waals surface area contributed by atoms with E-state index in [0.29, 0.717) is 0 Å². The van der Waals surface area contributed by atoms with E-state index in [-0.39, 0.29) is 6.54 Å². The van der Waals surface area contributed by atoms with Gasteiger partial charge in [-0.25, -0.2) is 0 Å². The van der Waals surface area contributed by atoms with E-state index in [9.17, 15) is 14.4 Å². The molecule has 1 aromatic carbocycles. The van der Waals surface area contributed by atoms with Gasteiger partial charge in [0.2, 0.25) is 5.91 Å². The maximum atomic E-state index is 12.3. The van der Waals surface area contributed by atoms with Crippen LogP contribution in [0, 0.1) is 13.8 Å². The molecule has 1 heterocycles. The Morgan fingerprint density at radius 2 is 2.00 bits per heavy atom. The molecule has 1 saturated heterocycles. The molecule has 2 amide bonds. The van der Waals surface area contributed by atoms with Crippen molar-refractivity contribution in [1.29, 1.82) is 0 Å². The summed E-state index contributed by atoms with van der Waals surface area (Å²) in [5, 5.41) is 8.79. The number of carboxylic acids is 1. The molecule has 1 atom stereocenters. The van der Waals surface area contributed by atoms with Crippen molar-refractivity contribution in [3.05, 3.63) is 29.3 Å². The van der Waals surface area contributed by atoms with Crippen LogP contribution >= 0.6 is 0 Å². The summed E-state index contributed by atoms with van der Waals surface area (Å²) in [6.07, 6.45) is 0. The van der Waals surface area contributed by atoms with Crippen molar-refractivity contribution in [3.8, 4) is 0 Å². The van der Waals surface area contributed by atoms with E-state index < -0.39 is 30.4 Å². The average Bonchev–Trinajstić information content (AvgIpc) is 2.41. The van der Waals surface area contributed by atoms with Gasteiger partial charge in [-0.05, 0) is 38.0 Å². The second kappa shape index (κ2) is 5.55. The molecule has 0 radical (unpaired) electrons. The fourth-order valence-electron chi connectivity index (χ4n) is 2.47. The highest BCUT2D eigenvalue weighted by atomic mass is 16.4. The summed E-state index contributed by atoms with van der Waals surface area (Å²) in [5.41, 5.74) is 2.84. The predicted octanol–water partition coefficient (Wildman–Crippen LogP) is 0.952. The van der Waals surface area contributed by atoms with Crippen molar-refractivity contribution in [1.82, 2.24) is 4.90 Å². The molecule has 0 bridgehead atoms. The molecule has 1 aliphatic rings. The summed E-state index contributed by atoms with van der Waals surface area (Å²) in [6.45, 7) is 4.97. The Bertz CT molecular complexity index is 612. The van der Waals surface area contributed by atoms with E-state index in [1.165, 1.54) is 0 Å². The zero-order valence-electron chi connectivity index (χ0n) is 12.3. The molecule has 1 aliphatic heterocycles. The van der Waals surface area contributed by atoms with Crippen LogP contribution in [0.1, 0.15) is 18.1 Å². The van der Waals surface area contributed by atoms with E-state index in [4.69, 9.17) is 5.11 Å². The molecular formula is C15H18N2O4. The van der Waals surface area contributed by atoms with Gasteiger partial charge in [-0.1, -0.05) is 12.1 Å². The Hall–Kier alpha value is -2.37. The smallest absolute Gasteiger partial charge is 0.323 e. The van der Waals surface area contributed by atoms with Gasteiger partial charge in [-0.3, -0.25) is 19.3 Å². The lowest BCUT2D eigenvalue weighted by Crippen LogP contribution is -2.60. The highest BCUT2D eigenvalue weighted by molar-refractivity contribution is 6.06. The van der Waals surface area contributed by atoms with Crippen LogP contribution in [0.3, 0.4) is 0 Å². The first-order valence-corrected chi connectivity index (χ1v) is 6.71. The molecule has 2 rings (SSSR count). The number of carboxylic acid groups (broad SMARTS) is 1. The minimum absolute atomic E-state index is 0.00444. The van der Waals surface area contributed by atoms with E-state index in [0.717, 1.165) is 21.7 Å². The lowest BCUT2D eigenvalue weighted by molar-refractivity contribution is -0.154. The molecule has 1 aromatic rings. The van der Waals surface area contributed by atoms with Crippen molar-refractivity contribution < 1.29 is 19.5 Å². The number of benzene rings is 1. The number of carbonyl (C=O) groups is 3. The average molecular weight is 290 g/mol. The van der Waals surface area contributed by atoms with Crippen LogP contribution in [0.5, 0.6) is 0 Å². The Morgan fingerprint density at radius 3 is 2.62 bits per heavy atom. The number of hydrogen-bond donors (Lipinski definition) is 1. The predicted molar refractivity (Wildman–Crippen MR) is 77.1 cm³/mol. The summed E-state index contributed by atoms with van der Waals surface area (Å²) >= 11 is 0. The molecule has 112 valence electrons. The van der Waals surface area contributed by atoms with Crippen molar-refractivity contribution >= 4 is 23.5 Å². The molecule has 1 N–H and O–H groups in total. The largest absolute Gasteiger partial charge is 0.480 e. The van der Waals surface area contributed by atoms with Crippen LogP contribution in [0.25, 0.3) is 0 Å². The first-order valence-electron chi connectivity index (χ1n) is 6.71. The Kier molecular flexibility index (Phi) is 3.97. The van der Waals surface area contributed by atoms with Gasteiger partial charge >= 0.3 is 5.97 Å². The summed E-state index contributed by atoms with van der Waals surface area (Å²) in [4.78, 5) is 37.6. The van der Waals surface area contributed by atoms with Crippen molar-refractivity contribution in [2.45, 2.75) is 26.8 Å². The number of aliphatic carboxylic acids is 1. The zero-order chi connectivity index (χ0) is 15.7. The van der Waals surface area contributed by atoms with Gasteiger partial charge in [0.15, 0.2) is 0 Å². The van der Waals surface area contributed by atoms with Crippen molar-refractivity contribution in [2.75, 3.05) is 18.0 Å². The van der Waals surface area contributed by atoms with E-state index in [2.05, 4.69) is 0 Å². The minimum Gasteiger partial charge on any atom is -0.480 e. The number of hydrogen-bond acceptors (Lipinski definition) is 4. The Labute approximate surface area is 123 Å². The Balaban J connectivity index is 2.33. The molecular weight excluding hydrogens is 272 g/mol. The fourth-order valence-corrected chi connectivity index (χ4v) is 2.47. The SMILES string of the molecule is Cc1ccc(C)c(N2CC(=O)N(CC(=O)O)C(=O)C2C)c1. The summed E-state index contributed by atoms with van der Waals surface area (Å²) < 4.78 is 0. The number of anilines is 1. The van der Waals surface area contributed by atoms with Gasteiger partial charge in [0.25, 0.3) is 5.91 Å². The summed E-state index contributed by atoms with van der Waals surface area (Å²) in [5.74, 6) is -2.15. The number of amides is 2. The third-order valence-electron chi connectivity index (χ3n) is 3.67. The molecule has 0 saturated carbocycles. The third-order valence-corrected chi connectivity index (χ3v) is 3.67. The monoisotopic (exact) mass is 290 g/mol. The summed E-state index contributed by atoms with van der Waals surface area (Å²) in [6, 6.07) is 5.27. The number of nitrogens with zero attached hydrogens (tertiary/aromatic N) is 2. The number of piperazine rings is 1. The summed E-state index contributed by atoms with van der Waals surface area (Å²) in [7, 11) is 0. The molecule has 6 heteroatoms. The maximum Gasteiger partial charge on any atom is 0.323 e. The molecule has 1 unspecified atom stereocenters. The lowest BCUT2D eigenvalue weighted by Gasteiger charge is -2.39. The second-order valence-corrected chi connectivity index (χ2v) is 5.31. The first-order chi connectivity index (χ1) is 9.81.